The van der Waals surface area contributed by atoms with Gasteiger partial charge in [0.05, 0.1) is 13.2 Å². The molecule has 0 aliphatic carbocycles. The molecule has 26 heavy (non-hydrogen) atoms. The van der Waals surface area contributed by atoms with Crippen molar-refractivity contribution in [2.45, 2.75) is 13.8 Å². The maximum atomic E-state index is 12.2. The second-order valence-electron chi connectivity index (χ2n) is 6.46. The molecule has 7 nitrogen and oxygen atoms in total. The number of carbonyl (C=O) groups is 1. The lowest BCUT2D eigenvalue weighted by molar-refractivity contribution is 0.0383. The summed E-state index contributed by atoms with van der Waals surface area (Å²) in [6.07, 6.45) is 0. The molecule has 2 heterocycles. The van der Waals surface area contributed by atoms with Crippen LogP contribution in [0.2, 0.25) is 0 Å². The Bertz CT molecular complexity index is 742. The first-order valence-corrected chi connectivity index (χ1v) is 8.88. The number of rotatable bonds is 6. The highest BCUT2D eigenvalue weighted by Crippen LogP contribution is 2.20. The minimum Gasteiger partial charge on any atom is -0.379 e. The minimum atomic E-state index is -0.205. The number of amides is 1. The number of nitrogens with one attached hydrogen (secondary N) is 2. The van der Waals surface area contributed by atoms with Crippen LogP contribution in [0.25, 0.3) is 0 Å². The van der Waals surface area contributed by atoms with Crippen LogP contribution >= 0.6 is 0 Å². The van der Waals surface area contributed by atoms with E-state index in [1.807, 2.05) is 13.8 Å². The fourth-order valence-electron chi connectivity index (χ4n) is 2.77. The van der Waals surface area contributed by atoms with Crippen molar-refractivity contribution in [3.05, 3.63) is 47.2 Å². The van der Waals surface area contributed by atoms with Gasteiger partial charge in [-0.2, -0.15) is 0 Å². The molecule has 1 aromatic heterocycles. The molecule has 1 aliphatic heterocycles. The summed E-state index contributed by atoms with van der Waals surface area (Å²) in [5.41, 5.74) is 3.60. The third-order valence-electron chi connectivity index (χ3n) is 4.37. The normalized spacial score (nSPS) is 14.8. The molecular weight excluding hydrogens is 330 g/mol. The monoisotopic (exact) mass is 355 g/mol. The van der Waals surface area contributed by atoms with Crippen molar-refractivity contribution in [1.29, 1.82) is 0 Å². The van der Waals surface area contributed by atoms with Gasteiger partial charge in [-0.25, -0.2) is 0 Å². The third kappa shape index (κ3) is 5.00. The van der Waals surface area contributed by atoms with Gasteiger partial charge in [-0.1, -0.05) is 12.1 Å². The molecule has 0 unspecified atom stereocenters. The second kappa shape index (κ2) is 8.73. The molecule has 1 amide bonds. The van der Waals surface area contributed by atoms with E-state index in [0.29, 0.717) is 18.1 Å². The molecule has 2 aromatic rings. The lowest BCUT2D eigenvalue weighted by Crippen LogP contribution is -2.41. The van der Waals surface area contributed by atoms with Crippen LogP contribution in [0.5, 0.6) is 0 Å². The molecule has 7 heteroatoms. The number of carbonyl (C=O) groups excluding carboxylic acids is 1. The van der Waals surface area contributed by atoms with E-state index >= 15 is 0 Å². The Labute approximate surface area is 153 Å². The van der Waals surface area contributed by atoms with Crippen molar-refractivity contribution in [3.63, 3.8) is 0 Å². The van der Waals surface area contributed by atoms with Crippen LogP contribution in [0.15, 0.2) is 30.3 Å². The van der Waals surface area contributed by atoms with E-state index < -0.39 is 0 Å². The molecule has 0 saturated carbocycles. The Hall–Kier alpha value is -2.51. The summed E-state index contributed by atoms with van der Waals surface area (Å²) < 4.78 is 5.31. The largest absolute Gasteiger partial charge is 0.379 e. The Morgan fingerprint density at radius 1 is 1.15 bits per heavy atom. The molecule has 0 radical (unpaired) electrons. The van der Waals surface area contributed by atoms with E-state index in [0.717, 1.165) is 44.1 Å². The van der Waals surface area contributed by atoms with Crippen LogP contribution in [-0.4, -0.2) is 60.4 Å². The number of ether oxygens (including phenoxy) is 1. The van der Waals surface area contributed by atoms with Gasteiger partial charge >= 0.3 is 0 Å². The lowest BCUT2D eigenvalue weighted by atomic mass is 10.1. The summed E-state index contributed by atoms with van der Waals surface area (Å²) in [7, 11) is 0. The number of hydrogen-bond donors (Lipinski definition) is 2. The number of anilines is 2. The highest BCUT2D eigenvalue weighted by atomic mass is 16.5. The molecule has 1 saturated heterocycles. The Kier molecular flexibility index (Phi) is 6.14. The predicted molar refractivity (Wildman–Crippen MR) is 101 cm³/mol. The zero-order chi connectivity index (χ0) is 18.4. The number of hydrogen-bond acceptors (Lipinski definition) is 6. The number of nitrogens with zero attached hydrogens (tertiary/aromatic N) is 3. The van der Waals surface area contributed by atoms with Crippen molar-refractivity contribution < 1.29 is 9.53 Å². The van der Waals surface area contributed by atoms with Gasteiger partial charge in [0, 0.05) is 31.9 Å². The third-order valence-corrected chi connectivity index (χ3v) is 4.37. The molecule has 0 bridgehead atoms. The first-order valence-electron chi connectivity index (χ1n) is 8.88. The summed E-state index contributed by atoms with van der Waals surface area (Å²) in [5.74, 6) is 0.410. The van der Waals surface area contributed by atoms with Crippen molar-refractivity contribution >= 4 is 17.4 Å². The molecule has 1 aromatic carbocycles. The van der Waals surface area contributed by atoms with Gasteiger partial charge in [-0.15, -0.1) is 10.2 Å². The van der Waals surface area contributed by atoms with Crippen LogP contribution < -0.4 is 10.6 Å². The van der Waals surface area contributed by atoms with Crippen molar-refractivity contribution in [2.75, 3.05) is 44.7 Å². The summed E-state index contributed by atoms with van der Waals surface area (Å²) in [4.78, 5) is 14.4. The first kappa shape index (κ1) is 18.3. The van der Waals surface area contributed by atoms with Gasteiger partial charge in [0.15, 0.2) is 11.5 Å². The van der Waals surface area contributed by atoms with E-state index in [1.54, 1.807) is 12.1 Å². The van der Waals surface area contributed by atoms with Gasteiger partial charge in [0.25, 0.3) is 5.91 Å². The maximum absolute atomic E-state index is 12.2. The summed E-state index contributed by atoms with van der Waals surface area (Å²) in [6, 6.07) is 9.64. The highest BCUT2D eigenvalue weighted by molar-refractivity contribution is 5.92. The standard InChI is InChI=1S/C19H25N5O2/c1-14-3-4-15(2)17(13-14)21-18-6-5-16(22-23-18)19(25)20-7-8-24-9-11-26-12-10-24/h3-6,13H,7-12H2,1-2H3,(H,20,25)(H,21,23). The van der Waals surface area contributed by atoms with Gasteiger partial charge in [-0.3, -0.25) is 9.69 Å². The van der Waals surface area contributed by atoms with Crippen LogP contribution in [0, 0.1) is 13.8 Å². The van der Waals surface area contributed by atoms with Crippen molar-refractivity contribution in [1.82, 2.24) is 20.4 Å². The number of aryl methyl sites for hydroxylation is 2. The minimum absolute atomic E-state index is 0.205. The van der Waals surface area contributed by atoms with Gasteiger partial charge < -0.3 is 15.4 Å². The fourth-order valence-corrected chi connectivity index (χ4v) is 2.77. The Morgan fingerprint density at radius 2 is 1.96 bits per heavy atom. The SMILES string of the molecule is Cc1ccc(C)c(Nc2ccc(C(=O)NCCN3CCOCC3)nn2)c1. The average molecular weight is 355 g/mol. The average Bonchev–Trinajstić information content (AvgIpc) is 2.66. The van der Waals surface area contributed by atoms with Crippen LogP contribution in [0.3, 0.4) is 0 Å². The molecular formula is C19H25N5O2. The first-order chi connectivity index (χ1) is 12.6. The molecule has 0 atom stereocenters. The summed E-state index contributed by atoms with van der Waals surface area (Å²) >= 11 is 0. The number of morpholine rings is 1. The van der Waals surface area contributed by atoms with Crippen LogP contribution in [0.1, 0.15) is 21.6 Å². The van der Waals surface area contributed by atoms with E-state index in [-0.39, 0.29) is 5.91 Å². The molecule has 3 rings (SSSR count). The zero-order valence-electron chi connectivity index (χ0n) is 15.3. The second-order valence-corrected chi connectivity index (χ2v) is 6.46. The zero-order valence-corrected chi connectivity index (χ0v) is 15.3. The lowest BCUT2D eigenvalue weighted by Gasteiger charge is -2.26. The number of aromatic nitrogens is 2. The maximum Gasteiger partial charge on any atom is 0.271 e. The summed E-state index contributed by atoms with van der Waals surface area (Å²) in [6.45, 7) is 8.81. The molecule has 138 valence electrons. The fraction of sp³-hybridized carbons (Fsp3) is 0.421. The van der Waals surface area contributed by atoms with Gasteiger partial charge in [0.2, 0.25) is 0 Å². The van der Waals surface area contributed by atoms with E-state index in [2.05, 4.69) is 43.9 Å². The summed E-state index contributed by atoms with van der Waals surface area (Å²) in [5, 5.41) is 14.3. The Balaban J connectivity index is 1.51. The van der Waals surface area contributed by atoms with Crippen LogP contribution in [0.4, 0.5) is 11.5 Å². The smallest absolute Gasteiger partial charge is 0.271 e. The topological polar surface area (TPSA) is 79.4 Å². The Morgan fingerprint density at radius 3 is 2.69 bits per heavy atom. The van der Waals surface area contributed by atoms with E-state index in [9.17, 15) is 4.79 Å². The van der Waals surface area contributed by atoms with E-state index in [4.69, 9.17) is 4.74 Å². The molecule has 0 spiro atoms. The van der Waals surface area contributed by atoms with Gasteiger partial charge in [-0.05, 0) is 43.2 Å². The van der Waals surface area contributed by atoms with Crippen LogP contribution in [-0.2, 0) is 4.74 Å². The van der Waals surface area contributed by atoms with Crippen molar-refractivity contribution in [3.8, 4) is 0 Å². The van der Waals surface area contributed by atoms with Crippen molar-refractivity contribution in [2.24, 2.45) is 0 Å². The predicted octanol–water partition coefficient (Wildman–Crippen LogP) is 1.90. The quantitative estimate of drug-likeness (QED) is 0.824. The number of benzene rings is 1. The molecule has 1 fully saturated rings. The molecule has 2 N–H and O–H groups in total. The highest BCUT2D eigenvalue weighted by Gasteiger charge is 2.12. The van der Waals surface area contributed by atoms with Gasteiger partial charge in [0.1, 0.15) is 0 Å². The molecule has 1 aliphatic rings. The van der Waals surface area contributed by atoms with E-state index in [1.165, 1.54) is 5.56 Å².